The van der Waals surface area contributed by atoms with Gasteiger partial charge in [0.2, 0.25) is 0 Å². The van der Waals surface area contributed by atoms with Crippen LogP contribution in [-0.4, -0.2) is 46.5 Å². The van der Waals surface area contributed by atoms with Gasteiger partial charge in [0, 0.05) is 19.7 Å². The van der Waals surface area contributed by atoms with E-state index in [1.165, 1.54) is 28.4 Å². The van der Waals surface area contributed by atoms with Crippen molar-refractivity contribution in [3.05, 3.63) is 90.0 Å². The number of likely N-dealkylation sites (N-methyl/N-ethyl adjacent to an activating group) is 1. The van der Waals surface area contributed by atoms with Gasteiger partial charge in [0.05, 0.1) is 17.1 Å². The highest BCUT2D eigenvalue weighted by Crippen LogP contribution is 2.23. The predicted molar refractivity (Wildman–Crippen MR) is 122 cm³/mol. The van der Waals surface area contributed by atoms with Crippen LogP contribution in [0.15, 0.2) is 83.8 Å². The maximum atomic E-state index is 13.1. The molecule has 3 aromatic rings. The first-order valence-corrected chi connectivity index (χ1v) is 11.3. The number of rotatable bonds is 8. The molecule has 0 radical (unpaired) electrons. The molecule has 7 heteroatoms. The Balaban J connectivity index is 1.70. The third kappa shape index (κ3) is 5.44. The Morgan fingerprint density at radius 1 is 0.903 bits per heavy atom. The number of sulfonamides is 1. The zero-order chi connectivity index (χ0) is 22.4. The lowest BCUT2D eigenvalue weighted by atomic mass is 10.2. The van der Waals surface area contributed by atoms with Gasteiger partial charge in [-0.3, -0.25) is 9.10 Å². The van der Waals surface area contributed by atoms with Crippen LogP contribution < -0.4 is 9.04 Å². The van der Waals surface area contributed by atoms with Crippen LogP contribution in [0.25, 0.3) is 0 Å². The lowest BCUT2D eigenvalue weighted by Gasteiger charge is -2.21. The number of carbonyl (C=O) groups is 1. The van der Waals surface area contributed by atoms with Gasteiger partial charge < -0.3 is 9.64 Å². The molecule has 3 rings (SSSR count). The van der Waals surface area contributed by atoms with Crippen molar-refractivity contribution in [3.63, 3.8) is 0 Å². The predicted octanol–water partition coefficient (Wildman–Crippen LogP) is 3.97. The molecule has 3 aromatic carbocycles. The summed E-state index contributed by atoms with van der Waals surface area (Å²) in [6.07, 6.45) is 0. The number of amides is 1. The Labute approximate surface area is 183 Å². The molecule has 0 saturated carbocycles. The molecule has 0 aliphatic heterocycles. The first-order valence-electron chi connectivity index (χ1n) is 9.88. The summed E-state index contributed by atoms with van der Waals surface area (Å²) in [6.45, 7) is 2.64. The van der Waals surface area contributed by atoms with E-state index in [0.29, 0.717) is 24.4 Å². The van der Waals surface area contributed by atoms with Gasteiger partial charge in [-0.2, -0.15) is 0 Å². The van der Waals surface area contributed by atoms with Crippen molar-refractivity contribution in [1.82, 2.24) is 4.90 Å². The van der Waals surface area contributed by atoms with E-state index in [1.54, 1.807) is 31.3 Å². The maximum absolute atomic E-state index is 13.1. The van der Waals surface area contributed by atoms with Gasteiger partial charge in [0.25, 0.3) is 15.9 Å². The molecule has 0 unspecified atom stereocenters. The largest absolute Gasteiger partial charge is 0.492 e. The van der Waals surface area contributed by atoms with Gasteiger partial charge in [-0.15, -0.1) is 0 Å². The number of hydrogen-bond donors (Lipinski definition) is 0. The third-order valence-electron chi connectivity index (χ3n) is 4.92. The van der Waals surface area contributed by atoms with Crippen LogP contribution >= 0.6 is 0 Å². The van der Waals surface area contributed by atoms with Gasteiger partial charge in [-0.1, -0.05) is 42.0 Å². The Kier molecular flexibility index (Phi) is 6.97. The summed E-state index contributed by atoms with van der Waals surface area (Å²) < 4.78 is 33.0. The van der Waals surface area contributed by atoms with Gasteiger partial charge in [-0.25, -0.2) is 8.42 Å². The molecule has 0 bridgehead atoms. The molecule has 0 N–H and O–H groups in total. The molecule has 0 saturated heterocycles. The van der Waals surface area contributed by atoms with E-state index in [9.17, 15) is 13.2 Å². The Hall–Kier alpha value is -3.32. The number of anilines is 1. The van der Waals surface area contributed by atoms with Crippen molar-refractivity contribution >= 4 is 21.6 Å². The molecular weight excluding hydrogens is 412 g/mol. The van der Waals surface area contributed by atoms with Crippen LogP contribution in [0.5, 0.6) is 5.75 Å². The number of carbonyl (C=O) groups excluding carboxylic acids is 1. The molecule has 1 amide bonds. The van der Waals surface area contributed by atoms with Gasteiger partial charge in [-0.05, 0) is 49.4 Å². The van der Waals surface area contributed by atoms with E-state index in [1.807, 2.05) is 49.4 Å². The van der Waals surface area contributed by atoms with Gasteiger partial charge in [0.15, 0.2) is 0 Å². The second-order valence-electron chi connectivity index (χ2n) is 7.22. The monoisotopic (exact) mass is 438 g/mol. The average Bonchev–Trinajstić information content (AvgIpc) is 2.79. The van der Waals surface area contributed by atoms with Crippen molar-refractivity contribution in [2.45, 2.75) is 11.8 Å². The fraction of sp³-hybridized carbons (Fsp3) is 0.208. The van der Waals surface area contributed by atoms with E-state index >= 15 is 0 Å². The summed E-state index contributed by atoms with van der Waals surface area (Å²) >= 11 is 0. The number of nitrogens with zero attached hydrogens (tertiary/aromatic N) is 2. The minimum Gasteiger partial charge on any atom is -0.492 e. The molecular formula is C24H26N2O4S. The molecule has 162 valence electrons. The van der Waals surface area contributed by atoms with Crippen molar-refractivity contribution in [2.24, 2.45) is 0 Å². The van der Waals surface area contributed by atoms with E-state index in [0.717, 1.165) is 11.3 Å². The van der Waals surface area contributed by atoms with E-state index in [2.05, 4.69) is 0 Å². The first kappa shape index (κ1) is 22.4. The molecule has 0 aromatic heterocycles. The highest BCUT2D eigenvalue weighted by Gasteiger charge is 2.23. The Morgan fingerprint density at radius 2 is 1.58 bits per heavy atom. The molecule has 0 aliphatic carbocycles. The Bertz CT molecular complexity index is 1130. The first-order chi connectivity index (χ1) is 14.8. The number of aryl methyl sites for hydroxylation is 1. The topological polar surface area (TPSA) is 66.9 Å². The summed E-state index contributed by atoms with van der Waals surface area (Å²) in [6, 6.07) is 22.7. The van der Waals surface area contributed by atoms with Gasteiger partial charge >= 0.3 is 0 Å². The fourth-order valence-electron chi connectivity index (χ4n) is 2.98. The van der Waals surface area contributed by atoms with Crippen LogP contribution in [-0.2, 0) is 10.0 Å². The molecule has 31 heavy (non-hydrogen) atoms. The van der Waals surface area contributed by atoms with E-state index in [-0.39, 0.29) is 10.8 Å². The average molecular weight is 439 g/mol. The summed E-state index contributed by atoms with van der Waals surface area (Å²) in [5, 5.41) is 0. The summed E-state index contributed by atoms with van der Waals surface area (Å²) in [5.74, 6) is 0.460. The molecule has 6 nitrogen and oxygen atoms in total. The Morgan fingerprint density at radius 3 is 2.26 bits per heavy atom. The number of benzene rings is 3. The summed E-state index contributed by atoms with van der Waals surface area (Å²) in [5.41, 5.74) is 1.90. The summed E-state index contributed by atoms with van der Waals surface area (Å²) in [4.78, 5) is 14.4. The lowest BCUT2D eigenvalue weighted by Crippen LogP contribution is -2.31. The minimum absolute atomic E-state index is 0.0651. The molecule has 0 atom stereocenters. The number of hydrogen-bond acceptors (Lipinski definition) is 4. The molecule has 0 heterocycles. The highest BCUT2D eigenvalue weighted by molar-refractivity contribution is 7.92. The van der Waals surface area contributed by atoms with Crippen LogP contribution in [0.1, 0.15) is 15.9 Å². The maximum Gasteiger partial charge on any atom is 0.264 e. The van der Waals surface area contributed by atoms with Crippen LogP contribution in [0.2, 0.25) is 0 Å². The van der Waals surface area contributed by atoms with Crippen molar-refractivity contribution < 1.29 is 17.9 Å². The van der Waals surface area contributed by atoms with Crippen LogP contribution in [0.3, 0.4) is 0 Å². The second kappa shape index (κ2) is 9.66. The minimum atomic E-state index is -3.80. The smallest absolute Gasteiger partial charge is 0.264 e. The van der Waals surface area contributed by atoms with Gasteiger partial charge in [0.1, 0.15) is 12.4 Å². The standard InChI is InChI=1S/C24H26N2O4S/c1-19-12-14-21(15-13-19)26(3)31(28,29)23-11-7-8-20(18-23)24(27)25(2)16-17-30-22-9-5-4-6-10-22/h4-15,18H,16-17H2,1-3H3. The van der Waals surface area contributed by atoms with E-state index < -0.39 is 10.0 Å². The second-order valence-corrected chi connectivity index (χ2v) is 9.19. The zero-order valence-corrected chi connectivity index (χ0v) is 18.7. The fourth-order valence-corrected chi connectivity index (χ4v) is 4.22. The quantitative estimate of drug-likeness (QED) is 0.534. The normalized spacial score (nSPS) is 11.1. The third-order valence-corrected chi connectivity index (χ3v) is 6.70. The summed E-state index contributed by atoms with van der Waals surface area (Å²) in [7, 11) is -0.637. The number of para-hydroxylation sites is 1. The lowest BCUT2D eigenvalue weighted by molar-refractivity contribution is 0.0773. The highest BCUT2D eigenvalue weighted by atomic mass is 32.2. The van der Waals surface area contributed by atoms with Crippen molar-refractivity contribution in [2.75, 3.05) is 31.6 Å². The van der Waals surface area contributed by atoms with E-state index in [4.69, 9.17) is 4.74 Å². The molecule has 0 spiro atoms. The zero-order valence-electron chi connectivity index (χ0n) is 17.9. The van der Waals surface area contributed by atoms with Crippen molar-refractivity contribution in [3.8, 4) is 5.75 Å². The molecule has 0 fully saturated rings. The SMILES string of the molecule is Cc1ccc(N(C)S(=O)(=O)c2cccc(C(=O)N(C)CCOc3ccccc3)c2)cc1. The molecule has 0 aliphatic rings. The van der Waals surface area contributed by atoms with Crippen LogP contribution in [0.4, 0.5) is 5.69 Å². The van der Waals surface area contributed by atoms with Crippen molar-refractivity contribution in [1.29, 1.82) is 0 Å². The number of ether oxygens (including phenoxy) is 1. The van der Waals surface area contributed by atoms with Crippen LogP contribution in [0, 0.1) is 6.92 Å².